The smallest absolute Gasteiger partial charge is 0.411 e. The Kier molecular flexibility index (Phi) is 7.94. The lowest BCUT2D eigenvalue weighted by atomic mass is 10.0. The molecule has 10 nitrogen and oxygen atoms in total. The van der Waals surface area contributed by atoms with Gasteiger partial charge < -0.3 is 29.3 Å². The van der Waals surface area contributed by atoms with Gasteiger partial charge in [0.15, 0.2) is 0 Å². The van der Waals surface area contributed by atoms with Gasteiger partial charge in [-0.25, -0.2) is 4.79 Å². The minimum absolute atomic E-state index is 0.173. The van der Waals surface area contributed by atoms with Crippen molar-refractivity contribution in [3.8, 4) is 6.01 Å². The summed E-state index contributed by atoms with van der Waals surface area (Å²) in [6.07, 6.45) is 2.54. The zero-order chi connectivity index (χ0) is 31.5. The van der Waals surface area contributed by atoms with E-state index in [-0.39, 0.29) is 18.2 Å². The lowest BCUT2D eigenvalue weighted by Gasteiger charge is -2.43. The number of fused-ring (bicyclic) bond motifs is 4. The van der Waals surface area contributed by atoms with Crippen molar-refractivity contribution in [2.24, 2.45) is 0 Å². The van der Waals surface area contributed by atoms with Crippen LogP contribution in [0.25, 0.3) is 10.8 Å². The molecule has 0 spiro atoms. The fraction of sp³-hybridized carbons (Fsp3) is 0.559. The summed E-state index contributed by atoms with van der Waals surface area (Å²) in [5, 5.41) is 13.9. The molecule has 2 aromatic carbocycles. The number of nitrogens with zero attached hydrogens (tertiary/aromatic N) is 6. The van der Waals surface area contributed by atoms with Gasteiger partial charge in [0.25, 0.3) is 0 Å². The fourth-order valence-electron chi connectivity index (χ4n) is 7.53. The fourth-order valence-corrected chi connectivity index (χ4v) is 7.80. The van der Waals surface area contributed by atoms with E-state index in [4.69, 9.17) is 31.0 Å². The standard InChI is InChI=1S/C34H43ClN6O4/c1-34(2,3)45-33(43)41-23-16-29(42)28(41)19-40(17-23)31-24-13-15-39(27-12-6-9-21-8-5-11-25(35)30(21)27)18-26(24)36-32(37-31)44-20-22-10-7-14-38(22)4/h5-6,8-9,11-12,22-23,28-29,42H,7,10,13-20H2,1-4H3/t22-,23-,28-,29+/m0/s1. The van der Waals surface area contributed by atoms with E-state index in [1.807, 2.05) is 32.9 Å². The third kappa shape index (κ3) is 5.88. The first kappa shape index (κ1) is 30.3. The van der Waals surface area contributed by atoms with Crippen molar-refractivity contribution >= 4 is 40.0 Å². The van der Waals surface area contributed by atoms with Crippen LogP contribution in [0.1, 0.15) is 51.3 Å². The molecule has 11 heteroatoms. The maximum Gasteiger partial charge on any atom is 0.411 e. The zero-order valence-electron chi connectivity index (χ0n) is 26.6. The minimum Gasteiger partial charge on any atom is -0.462 e. The molecule has 3 fully saturated rings. The average molecular weight is 635 g/mol. The van der Waals surface area contributed by atoms with Crippen molar-refractivity contribution in [1.29, 1.82) is 0 Å². The molecule has 1 N–H and O–H groups in total. The Labute approximate surface area is 269 Å². The molecule has 1 amide bonds. The monoisotopic (exact) mass is 634 g/mol. The van der Waals surface area contributed by atoms with E-state index in [2.05, 4.69) is 46.0 Å². The van der Waals surface area contributed by atoms with Crippen LogP contribution in [0.4, 0.5) is 16.3 Å². The summed E-state index contributed by atoms with van der Waals surface area (Å²) in [6, 6.07) is 12.5. The summed E-state index contributed by atoms with van der Waals surface area (Å²) in [5.74, 6) is 0.846. The Morgan fingerprint density at radius 2 is 1.89 bits per heavy atom. The van der Waals surface area contributed by atoms with Crippen LogP contribution < -0.4 is 14.5 Å². The molecule has 3 aromatic rings. The third-order valence-corrected chi connectivity index (χ3v) is 10.0. The lowest BCUT2D eigenvalue weighted by molar-refractivity contribution is 0.00600. The van der Waals surface area contributed by atoms with Crippen molar-refractivity contribution < 1.29 is 19.4 Å². The van der Waals surface area contributed by atoms with Gasteiger partial charge in [-0.3, -0.25) is 4.90 Å². The molecule has 7 rings (SSSR count). The number of hydrogen-bond acceptors (Lipinski definition) is 9. The molecule has 5 heterocycles. The lowest BCUT2D eigenvalue weighted by Crippen LogP contribution is -2.58. The molecule has 0 aliphatic carbocycles. The number of aromatic nitrogens is 2. The molecule has 4 aliphatic heterocycles. The molecule has 0 radical (unpaired) electrons. The number of hydrogen-bond donors (Lipinski definition) is 1. The molecular formula is C34H43ClN6O4. The van der Waals surface area contributed by atoms with Crippen LogP contribution in [0.15, 0.2) is 36.4 Å². The molecular weight excluding hydrogens is 592 g/mol. The van der Waals surface area contributed by atoms with Gasteiger partial charge in [-0.05, 0) is 77.6 Å². The van der Waals surface area contributed by atoms with Crippen molar-refractivity contribution in [2.75, 3.05) is 49.6 Å². The SMILES string of the molecule is CN1CCC[C@H]1COc1nc2c(c(N3C[C@@H]4C[C@@H](O)[C@H](C3)N4C(=O)OC(C)(C)C)n1)CCN(c1cccc3cccc(Cl)c13)C2. The van der Waals surface area contributed by atoms with E-state index in [1.165, 1.54) is 0 Å². The second-order valence-electron chi connectivity index (χ2n) is 13.9. The highest BCUT2D eigenvalue weighted by atomic mass is 35.5. The summed E-state index contributed by atoms with van der Waals surface area (Å²) < 4.78 is 12.1. The molecule has 0 saturated carbocycles. The predicted molar refractivity (Wildman–Crippen MR) is 175 cm³/mol. The van der Waals surface area contributed by atoms with Gasteiger partial charge in [0.2, 0.25) is 0 Å². The van der Waals surface area contributed by atoms with Crippen LogP contribution in [-0.2, 0) is 17.7 Å². The number of amides is 1. The number of rotatable bonds is 5. The Morgan fingerprint density at radius 1 is 1.09 bits per heavy atom. The highest BCUT2D eigenvalue weighted by Crippen LogP contribution is 2.39. The number of piperazine rings is 1. The summed E-state index contributed by atoms with van der Waals surface area (Å²) in [7, 11) is 2.14. The number of anilines is 2. The molecule has 3 saturated heterocycles. The van der Waals surface area contributed by atoms with Crippen LogP contribution >= 0.6 is 11.6 Å². The van der Waals surface area contributed by atoms with E-state index in [0.717, 1.165) is 70.9 Å². The summed E-state index contributed by atoms with van der Waals surface area (Å²) >= 11 is 6.72. The molecule has 1 aromatic heterocycles. The highest BCUT2D eigenvalue weighted by Gasteiger charge is 2.50. The molecule has 4 atom stereocenters. The minimum atomic E-state index is -0.620. The van der Waals surface area contributed by atoms with E-state index in [0.29, 0.717) is 44.7 Å². The maximum absolute atomic E-state index is 13.2. The molecule has 45 heavy (non-hydrogen) atoms. The van der Waals surface area contributed by atoms with Gasteiger partial charge in [0, 0.05) is 42.3 Å². The van der Waals surface area contributed by atoms with Crippen LogP contribution in [0.2, 0.25) is 5.02 Å². The predicted octanol–water partition coefficient (Wildman–Crippen LogP) is 4.88. The average Bonchev–Trinajstić information content (AvgIpc) is 3.50. The number of carbonyl (C=O) groups is 1. The number of likely N-dealkylation sites (tertiary alicyclic amines) is 1. The molecule has 4 aliphatic rings. The van der Waals surface area contributed by atoms with Crippen LogP contribution in [0, 0.1) is 0 Å². The van der Waals surface area contributed by atoms with Crippen molar-refractivity contribution in [1.82, 2.24) is 19.8 Å². The number of likely N-dealkylation sites (N-methyl/N-ethyl adjacent to an activating group) is 1. The molecule has 240 valence electrons. The van der Waals surface area contributed by atoms with Crippen molar-refractivity contribution in [3.05, 3.63) is 52.7 Å². The van der Waals surface area contributed by atoms with Crippen molar-refractivity contribution in [2.45, 2.75) is 82.8 Å². The van der Waals surface area contributed by atoms with E-state index >= 15 is 0 Å². The van der Waals surface area contributed by atoms with E-state index in [9.17, 15) is 9.90 Å². The number of ether oxygens (including phenoxy) is 2. The molecule has 2 bridgehead atoms. The maximum atomic E-state index is 13.2. The number of halogens is 1. The number of benzene rings is 2. The van der Waals surface area contributed by atoms with Crippen LogP contribution in [-0.4, -0.2) is 101 Å². The number of aliphatic hydroxyl groups excluding tert-OH is 1. The highest BCUT2D eigenvalue weighted by molar-refractivity contribution is 6.36. The first-order valence-electron chi connectivity index (χ1n) is 16.1. The summed E-state index contributed by atoms with van der Waals surface area (Å²) in [6.45, 7) is 9.62. The van der Waals surface area contributed by atoms with Gasteiger partial charge in [-0.1, -0.05) is 35.9 Å². The largest absolute Gasteiger partial charge is 0.462 e. The Hall–Kier alpha value is -3.34. The van der Waals surface area contributed by atoms with E-state index in [1.54, 1.807) is 4.90 Å². The van der Waals surface area contributed by atoms with Crippen molar-refractivity contribution in [3.63, 3.8) is 0 Å². The first-order valence-corrected chi connectivity index (χ1v) is 16.5. The van der Waals surface area contributed by atoms with Gasteiger partial charge >= 0.3 is 12.1 Å². The van der Waals surface area contributed by atoms with Gasteiger partial charge in [-0.15, -0.1) is 0 Å². The number of carbonyl (C=O) groups excluding carboxylic acids is 1. The Morgan fingerprint density at radius 3 is 2.62 bits per heavy atom. The van der Waals surface area contributed by atoms with Crippen LogP contribution in [0.5, 0.6) is 6.01 Å². The number of aliphatic hydroxyl groups is 1. The Bertz CT molecular complexity index is 1590. The van der Waals surface area contributed by atoms with Crippen LogP contribution in [0.3, 0.4) is 0 Å². The second-order valence-corrected chi connectivity index (χ2v) is 14.4. The Balaban J connectivity index is 1.21. The molecule has 0 unspecified atom stereocenters. The van der Waals surface area contributed by atoms with Gasteiger partial charge in [0.05, 0.1) is 35.4 Å². The summed E-state index contributed by atoms with van der Waals surface area (Å²) in [4.78, 5) is 31.9. The second kappa shape index (κ2) is 11.8. The first-order chi connectivity index (χ1) is 21.6. The summed E-state index contributed by atoms with van der Waals surface area (Å²) in [5.41, 5.74) is 2.52. The van der Waals surface area contributed by atoms with Gasteiger partial charge in [-0.2, -0.15) is 9.97 Å². The topological polar surface area (TPSA) is 94.5 Å². The van der Waals surface area contributed by atoms with Gasteiger partial charge in [0.1, 0.15) is 18.0 Å². The zero-order valence-corrected chi connectivity index (χ0v) is 27.3. The van der Waals surface area contributed by atoms with E-state index < -0.39 is 11.7 Å². The normalized spacial score (nSPS) is 25.2. The quantitative estimate of drug-likeness (QED) is 0.422. The third-order valence-electron chi connectivity index (χ3n) is 9.72.